The minimum Gasteiger partial charge on any atom is -0.324 e. The quantitative estimate of drug-likeness (QED) is 0.805. The van der Waals surface area contributed by atoms with Crippen molar-refractivity contribution in [3.63, 3.8) is 0 Å². The van der Waals surface area contributed by atoms with Gasteiger partial charge in [-0.15, -0.1) is 0 Å². The van der Waals surface area contributed by atoms with Crippen LogP contribution < -0.4 is 10.2 Å². The van der Waals surface area contributed by atoms with Crippen LogP contribution in [0, 0.1) is 0 Å². The molecular weight excluding hydrogens is 378 g/mol. The van der Waals surface area contributed by atoms with Crippen molar-refractivity contribution in [1.29, 1.82) is 0 Å². The first kappa shape index (κ1) is 20.0. The van der Waals surface area contributed by atoms with Crippen LogP contribution in [0.15, 0.2) is 54.6 Å². The summed E-state index contributed by atoms with van der Waals surface area (Å²) in [5.74, 6) is -0.361. The van der Waals surface area contributed by atoms with Crippen LogP contribution in [-0.2, 0) is 19.6 Å². The summed E-state index contributed by atoms with van der Waals surface area (Å²) in [4.78, 5) is 26.5. The number of nitrogens with zero attached hydrogens (tertiary/aromatic N) is 2. The maximum Gasteiger partial charge on any atom is 0.247 e. The molecule has 8 heteroatoms. The topological polar surface area (TPSA) is 86.8 Å². The van der Waals surface area contributed by atoms with Gasteiger partial charge in [0.15, 0.2) is 0 Å². The second-order valence-electron chi connectivity index (χ2n) is 6.78. The Labute approximate surface area is 165 Å². The molecule has 28 heavy (non-hydrogen) atoms. The molecule has 1 heterocycles. The van der Waals surface area contributed by atoms with E-state index in [1.54, 1.807) is 59.5 Å². The van der Waals surface area contributed by atoms with Gasteiger partial charge in [0.2, 0.25) is 21.8 Å². The number of carbonyl (C=O) groups is 2. The Hall–Kier alpha value is -2.71. The molecule has 0 radical (unpaired) electrons. The highest BCUT2D eigenvalue weighted by atomic mass is 32.2. The molecule has 1 saturated heterocycles. The van der Waals surface area contributed by atoms with E-state index in [1.165, 1.54) is 7.05 Å². The number of hydrogen-bond acceptors (Lipinski definition) is 4. The van der Waals surface area contributed by atoms with Crippen molar-refractivity contribution in [3.05, 3.63) is 60.2 Å². The maximum atomic E-state index is 12.9. The van der Waals surface area contributed by atoms with Crippen LogP contribution in [-0.4, -0.2) is 44.4 Å². The van der Waals surface area contributed by atoms with Crippen molar-refractivity contribution in [2.75, 3.05) is 30.1 Å². The van der Waals surface area contributed by atoms with Gasteiger partial charge in [-0.1, -0.05) is 30.3 Å². The van der Waals surface area contributed by atoms with Gasteiger partial charge in [0.1, 0.15) is 6.04 Å². The van der Waals surface area contributed by atoms with E-state index in [0.29, 0.717) is 24.2 Å². The van der Waals surface area contributed by atoms with Gasteiger partial charge in [0, 0.05) is 31.4 Å². The van der Waals surface area contributed by atoms with Crippen molar-refractivity contribution < 1.29 is 18.0 Å². The largest absolute Gasteiger partial charge is 0.324 e. The molecule has 2 amide bonds. The van der Waals surface area contributed by atoms with Crippen molar-refractivity contribution in [2.45, 2.75) is 18.9 Å². The van der Waals surface area contributed by atoms with Crippen LogP contribution >= 0.6 is 0 Å². The first-order valence-corrected chi connectivity index (χ1v) is 10.8. The minimum absolute atomic E-state index is 0.0932. The zero-order valence-electron chi connectivity index (χ0n) is 15.8. The normalized spacial score (nSPS) is 15.7. The molecular formula is C20H23N3O4S. The van der Waals surface area contributed by atoms with Gasteiger partial charge < -0.3 is 10.2 Å². The molecule has 0 aromatic heterocycles. The van der Waals surface area contributed by atoms with Gasteiger partial charge in [-0.05, 0) is 36.2 Å². The molecule has 0 spiro atoms. The molecule has 0 saturated carbocycles. The minimum atomic E-state index is -3.58. The summed E-state index contributed by atoms with van der Waals surface area (Å²) in [6.45, 7) is 0.694. The summed E-state index contributed by atoms with van der Waals surface area (Å²) in [6.07, 6.45) is 2.46. The van der Waals surface area contributed by atoms with E-state index in [4.69, 9.17) is 0 Å². The molecule has 3 rings (SSSR count). The van der Waals surface area contributed by atoms with Crippen LogP contribution in [0.2, 0.25) is 0 Å². The first-order chi connectivity index (χ1) is 13.3. The third-order valence-corrected chi connectivity index (χ3v) is 6.03. The number of hydrogen-bond donors (Lipinski definition) is 1. The molecule has 7 nitrogen and oxygen atoms in total. The van der Waals surface area contributed by atoms with Crippen LogP contribution in [0.1, 0.15) is 24.4 Å². The standard InChI is InChI=1S/C20H23N3O4S/c1-22(28(2,26)27)19(15-7-4-3-5-8-15)20(25)21-16-10-12-17(13-11-16)23-14-6-9-18(23)24/h3-5,7-8,10-13,19H,6,9,14H2,1-2H3,(H,21,25). The van der Waals surface area contributed by atoms with Crippen molar-refractivity contribution in [1.82, 2.24) is 4.31 Å². The number of sulfonamides is 1. The zero-order chi connectivity index (χ0) is 20.3. The molecule has 148 valence electrons. The molecule has 1 unspecified atom stereocenters. The molecule has 1 N–H and O–H groups in total. The number of benzene rings is 2. The van der Waals surface area contributed by atoms with Crippen molar-refractivity contribution in [3.8, 4) is 0 Å². The summed E-state index contributed by atoms with van der Waals surface area (Å²) >= 11 is 0. The lowest BCUT2D eigenvalue weighted by Crippen LogP contribution is -2.38. The molecule has 0 bridgehead atoms. The second-order valence-corrected chi connectivity index (χ2v) is 8.82. The van der Waals surface area contributed by atoms with Crippen LogP contribution in [0.4, 0.5) is 11.4 Å². The Morgan fingerprint density at radius 2 is 1.75 bits per heavy atom. The van der Waals surface area contributed by atoms with E-state index < -0.39 is 22.0 Å². The molecule has 0 aliphatic carbocycles. The summed E-state index contributed by atoms with van der Waals surface area (Å²) in [5.41, 5.74) is 1.89. The number of amides is 2. The Balaban J connectivity index is 1.81. The smallest absolute Gasteiger partial charge is 0.247 e. The summed E-state index contributed by atoms with van der Waals surface area (Å²) in [7, 11) is -2.20. The third kappa shape index (κ3) is 4.40. The van der Waals surface area contributed by atoms with Gasteiger partial charge >= 0.3 is 0 Å². The number of carbonyl (C=O) groups excluding carboxylic acids is 2. The fourth-order valence-electron chi connectivity index (χ4n) is 3.21. The monoisotopic (exact) mass is 401 g/mol. The SMILES string of the molecule is CN(C(C(=O)Nc1ccc(N2CCCC2=O)cc1)c1ccccc1)S(C)(=O)=O. The fraction of sp³-hybridized carbons (Fsp3) is 0.300. The predicted octanol–water partition coefficient (Wildman–Crippen LogP) is 2.38. The lowest BCUT2D eigenvalue weighted by Gasteiger charge is -2.25. The van der Waals surface area contributed by atoms with Crippen LogP contribution in [0.25, 0.3) is 0 Å². The predicted molar refractivity (Wildman–Crippen MR) is 108 cm³/mol. The average molecular weight is 401 g/mol. The Bertz CT molecular complexity index is 959. The van der Waals surface area contributed by atoms with Crippen LogP contribution in [0.3, 0.4) is 0 Å². The van der Waals surface area contributed by atoms with Crippen molar-refractivity contribution >= 4 is 33.2 Å². The summed E-state index contributed by atoms with van der Waals surface area (Å²) in [5, 5.41) is 2.77. The van der Waals surface area contributed by atoms with Gasteiger partial charge in [0.25, 0.3) is 0 Å². The van der Waals surface area contributed by atoms with E-state index in [1.807, 2.05) is 0 Å². The van der Waals surface area contributed by atoms with Gasteiger partial charge in [0.05, 0.1) is 6.26 Å². The summed E-state index contributed by atoms with van der Waals surface area (Å²) in [6, 6.07) is 14.7. The van der Waals surface area contributed by atoms with Crippen molar-refractivity contribution in [2.24, 2.45) is 0 Å². The highest BCUT2D eigenvalue weighted by Crippen LogP contribution is 2.26. The number of rotatable bonds is 6. The lowest BCUT2D eigenvalue weighted by atomic mass is 10.1. The maximum absolute atomic E-state index is 12.9. The lowest BCUT2D eigenvalue weighted by molar-refractivity contribution is -0.119. The highest BCUT2D eigenvalue weighted by molar-refractivity contribution is 7.88. The fourth-order valence-corrected chi connectivity index (χ4v) is 3.81. The highest BCUT2D eigenvalue weighted by Gasteiger charge is 2.31. The third-order valence-electron chi connectivity index (χ3n) is 4.77. The molecule has 1 atom stereocenters. The molecule has 1 fully saturated rings. The molecule has 2 aromatic rings. The van der Waals surface area contributed by atoms with E-state index in [2.05, 4.69) is 5.32 Å². The van der Waals surface area contributed by atoms with Gasteiger partial charge in [-0.25, -0.2) is 8.42 Å². The average Bonchev–Trinajstić information content (AvgIpc) is 3.08. The molecule has 1 aliphatic heterocycles. The first-order valence-electron chi connectivity index (χ1n) is 8.96. The van der Waals surface area contributed by atoms with E-state index in [9.17, 15) is 18.0 Å². The number of anilines is 2. The summed E-state index contributed by atoms with van der Waals surface area (Å²) < 4.78 is 25.1. The number of likely N-dealkylation sites (N-methyl/N-ethyl adjacent to an activating group) is 1. The van der Waals surface area contributed by atoms with E-state index >= 15 is 0 Å². The Morgan fingerprint density at radius 1 is 1.11 bits per heavy atom. The number of nitrogens with one attached hydrogen (secondary N) is 1. The van der Waals surface area contributed by atoms with E-state index in [0.717, 1.165) is 22.7 Å². The molecule has 2 aromatic carbocycles. The Morgan fingerprint density at radius 3 is 2.29 bits per heavy atom. The Kier molecular flexibility index (Phi) is 5.81. The van der Waals surface area contributed by atoms with Crippen LogP contribution in [0.5, 0.6) is 0 Å². The second kappa shape index (κ2) is 8.12. The van der Waals surface area contributed by atoms with E-state index in [-0.39, 0.29) is 5.91 Å². The zero-order valence-corrected chi connectivity index (χ0v) is 16.6. The van der Waals surface area contributed by atoms with Gasteiger partial charge in [-0.3, -0.25) is 9.59 Å². The molecule has 1 aliphatic rings. The van der Waals surface area contributed by atoms with Gasteiger partial charge in [-0.2, -0.15) is 4.31 Å².